The van der Waals surface area contributed by atoms with Crippen LogP contribution in [0.2, 0.25) is 30.3 Å². The fourth-order valence-electron chi connectivity index (χ4n) is 3.66. The summed E-state index contributed by atoms with van der Waals surface area (Å²) < 4.78 is 0. The summed E-state index contributed by atoms with van der Waals surface area (Å²) in [5, 5.41) is 6.01. The van der Waals surface area contributed by atoms with Crippen LogP contribution in [-0.2, 0) is 6.42 Å². The molecule has 2 heterocycles. The van der Waals surface area contributed by atoms with Crippen molar-refractivity contribution in [1.82, 2.24) is 19.9 Å². The Balaban J connectivity index is 0.000000208. The lowest BCUT2D eigenvalue weighted by molar-refractivity contribution is 1.00. The summed E-state index contributed by atoms with van der Waals surface area (Å²) >= 11 is 36.0. The Morgan fingerprint density at radius 1 is 0.610 bits per heavy atom. The average molecular weight is 668 g/mol. The highest BCUT2D eigenvalue weighted by molar-refractivity contribution is 6.44. The second-order valence-corrected chi connectivity index (χ2v) is 10.8. The Bertz CT molecular complexity index is 1650. The summed E-state index contributed by atoms with van der Waals surface area (Å²) in [6.07, 6.45) is 0.828. The van der Waals surface area contributed by atoms with Gasteiger partial charge in [0.2, 0.25) is 11.9 Å². The van der Waals surface area contributed by atoms with Crippen LogP contribution in [0.3, 0.4) is 0 Å². The quantitative estimate of drug-likeness (QED) is 0.155. The maximum absolute atomic E-state index is 6.27. The fraction of sp³-hybridized carbons (Fsp3) is 0.0714. The predicted molar refractivity (Wildman–Crippen MR) is 172 cm³/mol. The van der Waals surface area contributed by atoms with E-state index in [0.717, 1.165) is 11.4 Å². The molecule has 5 N–H and O–H groups in total. The van der Waals surface area contributed by atoms with Crippen molar-refractivity contribution in [2.75, 3.05) is 23.3 Å². The molecule has 0 bridgehead atoms. The zero-order chi connectivity index (χ0) is 29.5. The lowest BCUT2D eigenvalue weighted by atomic mass is 10.1. The van der Waals surface area contributed by atoms with E-state index in [9.17, 15) is 0 Å². The number of nitrogen functional groups attached to an aromatic ring is 2. The molecule has 0 atom stereocenters. The van der Waals surface area contributed by atoms with E-state index in [0.29, 0.717) is 55.0 Å². The highest BCUT2D eigenvalue weighted by atomic mass is 35.5. The summed E-state index contributed by atoms with van der Waals surface area (Å²) in [5.74, 6) is 0.897. The zero-order valence-corrected chi connectivity index (χ0v) is 25.6. The molecule has 0 aliphatic carbocycles. The molecule has 0 amide bonds. The van der Waals surface area contributed by atoms with Crippen LogP contribution in [0.4, 0.5) is 17.7 Å². The first-order valence-corrected chi connectivity index (χ1v) is 14.2. The van der Waals surface area contributed by atoms with E-state index in [-0.39, 0.29) is 17.0 Å². The van der Waals surface area contributed by atoms with E-state index in [2.05, 4.69) is 25.3 Å². The largest absolute Gasteiger partial charge is 0.370 e. The molecule has 0 spiro atoms. The van der Waals surface area contributed by atoms with Gasteiger partial charge in [0.15, 0.2) is 0 Å². The van der Waals surface area contributed by atoms with Gasteiger partial charge in [-0.3, -0.25) is 0 Å². The highest BCUT2D eigenvalue weighted by Gasteiger charge is 2.11. The smallest absolute Gasteiger partial charge is 0.222 e. The van der Waals surface area contributed by atoms with Crippen molar-refractivity contribution in [3.8, 4) is 22.5 Å². The maximum atomic E-state index is 6.27. The first-order chi connectivity index (χ1) is 19.6. The van der Waals surface area contributed by atoms with Crippen molar-refractivity contribution in [2.45, 2.75) is 6.42 Å². The lowest BCUT2D eigenvalue weighted by Gasteiger charge is -2.10. The van der Waals surface area contributed by atoms with E-state index in [1.54, 1.807) is 36.4 Å². The molecule has 0 unspecified atom stereocenters. The molecule has 13 heteroatoms. The van der Waals surface area contributed by atoms with E-state index in [4.69, 9.17) is 81.1 Å². The van der Waals surface area contributed by atoms with Gasteiger partial charge in [0.05, 0.1) is 31.5 Å². The third-order valence-electron chi connectivity index (χ3n) is 5.54. The molecule has 210 valence electrons. The maximum Gasteiger partial charge on any atom is 0.222 e. The first-order valence-electron chi connectivity index (χ1n) is 11.9. The van der Waals surface area contributed by atoms with Crippen molar-refractivity contribution in [1.29, 1.82) is 0 Å². The number of rotatable bonds is 6. The molecule has 41 heavy (non-hydrogen) atoms. The molecular formula is C28H21Cl6N7. The van der Waals surface area contributed by atoms with E-state index in [1.807, 2.05) is 36.4 Å². The summed E-state index contributed by atoms with van der Waals surface area (Å²) in [7, 11) is 0. The molecule has 5 rings (SSSR count). The molecule has 0 aliphatic heterocycles. The molecule has 0 saturated carbocycles. The minimum atomic E-state index is 0.0959. The SMILES string of the molecule is Nc1nc(Cl)cc(-c2cccc(Cl)c2Cl)n1.Nc1nc(NCCc2ccc(Cl)cc2)cc(-c2cccc(Cl)c2Cl)n1. The van der Waals surface area contributed by atoms with Crippen molar-refractivity contribution in [3.05, 3.63) is 109 Å². The second kappa shape index (κ2) is 14.2. The zero-order valence-electron chi connectivity index (χ0n) is 21.1. The van der Waals surface area contributed by atoms with Crippen molar-refractivity contribution >= 4 is 87.3 Å². The van der Waals surface area contributed by atoms with Gasteiger partial charge in [-0.1, -0.05) is 106 Å². The van der Waals surface area contributed by atoms with Crippen molar-refractivity contribution < 1.29 is 0 Å². The minimum Gasteiger partial charge on any atom is -0.370 e. The van der Waals surface area contributed by atoms with Crippen LogP contribution in [-0.4, -0.2) is 26.5 Å². The van der Waals surface area contributed by atoms with Gasteiger partial charge in [0, 0.05) is 34.8 Å². The monoisotopic (exact) mass is 665 g/mol. The summed E-state index contributed by atoms with van der Waals surface area (Å²) in [5.41, 5.74) is 15.1. The fourth-order valence-corrected chi connectivity index (χ4v) is 4.77. The van der Waals surface area contributed by atoms with Gasteiger partial charge in [0.25, 0.3) is 0 Å². The topological polar surface area (TPSA) is 116 Å². The molecule has 0 radical (unpaired) electrons. The second-order valence-electron chi connectivity index (χ2n) is 8.44. The molecule has 7 nitrogen and oxygen atoms in total. The van der Waals surface area contributed by atoms with E-state index < -0.39 is 0 Å². The third-order valence-corrected chi connectivity index (χ3v) is 7.63. The highest BCUT2D eigenvalue weighted by Crippen LogP contribution is 2.34. The lowest BCUT2D eigenvalue weighted by Crippen LogP contribution is -2.08. The number of nitrogens with one attached hydrogen (secondary N) is 1. The van der Waals surface area contributed by atoms with E-state index in [1.165, 1.54) is 5.56 Å². The summed E-state index contributed by atoms with van der Waals surface area (Å²) in [6, 6.07) is 21.8. The van der Waals surface area contributed by atoms with Crippen LogP contribution >= 0.6 is 69.6 Å². The summed E-state index contributed by atoms with van der Waals surface area (Å²) in [6.45, 7) is 0.695. The number of hydrogen-bond donors (Lipinski definition) is 3. The Morgan fingerprint density at radius 3 is 1.71 bits per heavy atom. The van der Waals surface area contributed by atoms with Gasteiger partial charge >= 0.3 is 0 Å². The third kappa shape index (κ3) is 8.49. The Labute approximate surface area is 266 Å². The van der Waals surface area contributed by atoms with Crippen LogP contribution in [0.5, 0.6) is 0 Å². The Kier molecular flexibility index (Phi) is 10.7. The number of nitrogens with two attached hydrogens (primary N) is 2. The number of benzene rings is 3. The first kappa shape index (κ1) is 30.9. The summed E-state index contributed by atoms with van der Waals surface area (Å²) in [4.78, 5) is 16.3. The number of aromatic nitrogens is 4. The molecular weight excluding hydrogens is 647 g/mol. The molecule has 2 aromatic heterocycles. The molecule has 5 aromatic rings. The molecule has 3 aromatic carbocycles. The Morgan fingerprint density at radius 2 is 1.15 bits per heavy atom. The van der Waals surface area contributed by atoms with Crippen LogP contribution in [0.15, 0.2) is 72.8 Å². The van der Waals surface area contributed by atoms with Crippen LogP contribution in [0, 0.1) is 0 Å². The van der Waals surface area contributed by atoms with Gasteiger partial charge in [-0.05, 0) is 36.2 Å². The molecule has 0 saturated heterocycles. The number of anilines is 3. The minimum absolute atomic E-state index is 0.0959. The van der Waals surface area contributed by atoms with Gasteiger partial charge in [-0.25, -0.2) is 15.0 Å². The number of hydrogen-bond acceptors (Lipinski definition) is 7. The molecule has 0 aliphatic rings. The molecule has 0 fully saturated rings. The number of nitrogens with zero attached hydrogens (tertiary/aromatic N) is 4. The number of halogens is 6. The van der Waals surface area contributed by atoms with Gasteiger partial charge in [0.1, 0.15) is 11.0 Å². The van der Waals surface area contributed by atoms with Crippen LogP contribution in [0.1, 0.15) is 5.56 Å². The normalized spacial score (nSPS) is 10.6. The van der Waals surface area contributed by atoms with Gasteiger partial charge in [-0.15, -0.1) is 0 Å². The predicted octanol–water partition coefficient (Wildman–Crippen LogP) is 9.03. The average Bonchev–Trinajstić information content (AvgIpc) is 2.92. The van der Waals surface area contributed by atoms with Gasteiger partial charge in [-0.2, -0.15) is 4.98 Å². The standard InChI is InChI=1S/C18H15Cl3N4.C10H6Cl3N3/c19-12-6-4-11(5-7-12)8-9-23-16-10-15(24-18(22)25-16)13-2-1-3-14(20)17(13)21;11-6-3-1-2-5(9(6)13)7-4-8(12)16-10(14)15-7/h1-7,10H,8-9H2,(H3,22,23,24,25);1-4H,(H2,14,15,16). The Hall–Kier alpha value is -3.04. The van der Waals surface area contributed by atoms with E-state index >= 15 is 0 Å². The van der Waals surface area contributed by atoms with Crippen molar-refractivity contribution in [3.63, 3.8) is 0 Å². The van der Waals surface area contributed by atoms with Crippen LogP contribution < -0.4 is 16.8 Å². The van der Waals surface area contributed by atoms with Crippen LogP contribution in [0.25, 0.3) is 22.5 Å². The van der Waals surface area contributed by atoms with Gasteiger partial charge < -0.3 is 16.8 Å². The van der Waals surface area contributed by atoms with Crippen molar-refractivity contribution in [2.24, 2.45) is 0 Å².